The summed E-state index contributed by atoms with van der Waals surface area (Å²) in [5, 5.41) is 2.75. The van der Waals surface area contributed by atoms with E-state index in [9.17, 15) is 14.4 Å². The zero-order valence-electron chi connectivity index (χ0n) is 14.8. The van der Waals surface area contributed by atoms with E-state index in [2.05, 4.69) is 5.32 Å². The molecule has 0 radical (unpaired) electrons. The second-order valence-corrected chi connectivity index (χ2v) is 6.08. The molecule has 3 N–H and O–H groups in total. The second kappa shape index (κ2) is 11.0. The number of rotatable bonds is 10. The highest BCUT2D eigenvalue weighted by atomic mass is 16.7. The van der Waals surface area contributed by atoms with Gasteiger partial charge in [-0.3, -0.25) is 14.4 Å². The van der Waals surface area contributed by atoms with E-state index in [-0.39, 0.29) is 11.8 Å². The fourth-order valence-electron chi connectivity index (χ4n) is 2.12. The molecule has 0 saturated heterocycles. The molecule has 1 amide bonds. The van der Waals surface area contributed by atoms with E-state index in [4.69, 9.17) is 15.2 Å². The van der Waals surface area contributed by atoms with E-state index in [1.807, 2.05) is 20.8 Å². The summed E-state index contributed by atoms with van der Waals surface area (Å²) in [4.78, 5) is 34.7. The van der Waals surface area contributed by atoms with E-state index in [1.54, 1.807) is 0 Å². The molecule has 0 aromatic heterocycles. The molecule has 0 aliphatic heterocycles. The molecule has 7 heteroatoms. The van der Waals surface area contributed by atoms with Gasteiger partial charge >= 0.3 is 11.9 Å². The van der Waals surface area contributed by atoms with Crippen molar-refractivity contribution < 1.29 is 23.9 Å². The maximum absolute atomic E-state index is 12.2. The van der Waals surface area contributed by atoms with Gasteiger partial charge < -0.3 is 20.5 Å². The van der Waals surface area contributed by atoms with Crippen LogP contribution in [0.5, 0.6) is 0 Å². The fraction of sp³-hybridized carbons (Fsp3) is 0.812. The molecule has 0 bridgehead atoms. The Labute approximate surface area is 138 Å². The van der Waals surface area contributed by atoms with Crippen LogP contribution >= 0.6 is 0 Å². The van der Waals surface area contributed by atoms with Gasteiger partial charge in [0.1, 0.15) is 6.04 Å². The predicted octanol–water partition coefficient (Wildman–Crippen LogP) is 1.49. The van der Waals surface area contributed by atoms with Crippen molar-refractivity contribution in [2.75, 3.05) is 0 Å². The van der Waals surface area contributed by atoms with Gasteiger partial charge in [-0.1, -0.05) is 33.6 Å². The van der Waals surface area contributed by atoms with Crippen LogP contribution in [0.15, 0.2) is 0 Å². The number of unbranched alkanes of at least 4 members (excludes halogenated alkanes) is 1. The Hall–Kier alpha value is -1.63. The van der Waals surface area contributed by atoms with Gasteiger partial charge in [0.25, 0.3) is 6.29 Å². The number of carbonyl (C=O) groups is 3. The lowest BCUT2D eigenvalue weighted by atomic mass is 10.0. The first-order valence-corrected chi connectivity index (χ1v) is 8.07. The van der Waals surface area contributed by atoms with Crippen molar-refractivity contribution >= 4 is 17.8 Å². The zero-order valence-corrected chi connectivity index (χ0v) is 14.8. The minimum atomic E-state index is -1.15. The van der Waals surface area contributed by atoms with Gasteiger partial charge in [-0.25, -0.2) is 0 Å². The lowest BCUT2D eigenvalue weighted by Gasteiger charge is -2.28. The molecule has 0 aromatic rings. The normalized spacial score (nSPS) is 13.6. The highest BCUT2D eigenvalue weighted by Gasteiger charge is 2.30. The van der Waals surface area contributed by atoms with Crippen LogP contribution in [-0.4, -0.2) is 36.2 Å². The van der Waals surface area contributed by atoms with E-state index >= 15 is 0 Å². The Morgan fingerprint density at radius 1 is 1.09 bits per heavy atom. The van der Waals surface area contributed by atoms with Crippen molar-refractivity contribution in [1.82, 2.24) is 5.32 Å². The molecule has 0 aliphatic rings. The highest BCUT2D eigenvalue weighted by Crippen LogP contribution is 2.12. The summed E-state index contributed by atoms with van der Waals surface area (Å²) >= 11 is 0. The summed E-state index contributed by atoms with van der Waals surface area (Å²) in [6, 6.07) is -1.28. The van der Waals surface area contributed by atoms with Crippen molar-refractivity contribution in [3.8, 4) is 0 Å². The molecule has 0 heterocycles. The Balaban J connectivity index is 5.01. The molecule has 23 heavy (non-hydrogen) atoms. The lowest BCUT2D eigenvalue weighted by Crippen LogP contribution is -2.52. The Kier molecular flexibility index (Phi) is 10.2. The summed E-state index contributed by atoms with van der Waals surface area (Å²) in [6.45, 7) is 8.39. The molecule has 1 unspecified atom stereocenters. The lowest BCUT2D eigenvalue weighted by molar-refractivity contribution is -0.191. The van der Waals surface area contributed by atoms with Crippen molar-refractivity contribution in [2.24, 2.45) is 11.7 Å². The number of ether oxygens (including phenoxy) is 2. The number of nitrogens with one attached hydrogen (secondary N) is 1. The summed E-state index contributed by atoms with van der Waals surface area (Å²) in [5.74, 6) is -1.23. The van der Waals surface area contributed by atoms with Gasteiger partial charge in [0.2, 0.25) is 5.91 Å². The van der Waals surface area contributed by atoms with Crippen LogP contribution in [0.25, 0.3) is 0 Å². The Bertz CT molecular complexity index is 382. The monoisotopic (exact) mass is 330 g/mol. The number of nitrogens with two attached hydrogens (primary N) is 1. The van der Waals surface area contributed by atoms with Gasteiger partial charge in [-0.05, 0) is 18.8 Å². The molecule has 0 aliphatic carbocycles. The largest absolute Gasteiger partial charge is 0.423 e. The van der Waals surface area contributed by atoms with Gasteiger partial charge in [-0.15, -0.1) is 0 Å². The van der Waals surface area contributed by atoms with Gasteiger partial charge in [0.15, 0.2) is 0 Å². The SMILES string of the molecule is CCCCC(NC(=O)[C@@H](N)CC(C)C)C(OC(C)=O)OC(C)=O. The number of hydrogen-bond acceptors (Lipinski definition) is 6. The van der Waals surface area contributed by atoms with E-state index < -0.39 is 30.3 Å². The molecule has 0 fully saturated rings. The first-order chi connectivity index (χ1) is 10.7. The predicted molar refractivity (Wildman–Crippen MR) is 86.2 cm³/mol. The van der Waals surface area contributed by atoms with Crippen LogP contribution in [-0.2, 0) is 23.9 Å². The van der Waals surface area contributed by atoms with Crippen molar-refractivity contribution in [3.63, 3.8) is 0 Å². The summed E-state index contributed by atoms with van der Waals surface area (Å²) < 4.78 is 10.1. The van der Waals surface area contributed by atoms with Crippen molar-refractivity contribution in [1.29, 1.82) is 0 Å². The average molecular weight is 330 g/mol. The summed E-state index contributed by atoms with van der Waals surface area (Å²) in [5.41, 5.74) is 5.87. The first-order valence-electron chi connectivity index (χ1n) is 8.07. The van der Waals surface area contributed by atoms with Crippen LogP contribution in [0, 0.1) is 5.92 Å². The fourth-order valence-corrected chi connectivity index (χ4v) is 2.12. The second-order valence-electron chi connectivity index (χ2n) is 6.08. The van der Waals surface area contributed by atoms with Crippen LogP contribution in [0.4, 0.5) is 0 Å². The Morgan fingerprint density at radius 2 is 1.61 bits per heavy atom. The maximum Gasteiger partial charge on any atom is 0.305 e. The third kappa shape index (κ3) is 9.89. The molecular weight excluding hydrogens is 300 g/mol. The minimum absolute atomic E-state index is 0.280. The smallest absolute Gasteiger partial charge is 0.305 e. The van der Waals surface area contributed by atoms with Gasteiger partial charge in [-0.2, -0.15) is 0 Å². The van der Waals surface area contributed by atoms with Crippen molar-refractivity contribution in [2.45, 2.75) is 78.7 Å². The molecular formula is C16H30N2O5. The standard InChI is InChI=1S/C16H30N2O5/c1-6-7-8-14(16(22-11(4)19)23-12(5)20)18-15(21)13(17)9-10(2)3/h10,13-14,16H,6-9,17H2,1-5H3,(H,18,21)/t13-,14?/m0/s1. The number of carbonyl (C=O) groups excluding carboxylic acids is 3. The quantitative estimate of drug-likeness (QED) is 0.464. The molecule has 7 nitrogen and oxygen atoms in total. The van der Waals surface area contributed by atoms with Gasteiger partial charge in [0, 0.05) is 13.8 Å². The highest BCUT2D eigenvalue weighted by molar-refractivity contribution is 5.81. The zero-order chi connectivity index (χ0) is 18.0. The number of amides is 1. The molecule has 134 valence electrons. The molecule has 0 rings (SSSR count). The van der Waals surface area contributed by atoms with E-state index in [1.165, 1.54) is 13.8 Å². The first kappa shape index (κ1) is 21.4. The van der Waals surface area contributed by atoms with Crippen molar-refractivity contribution in [3.05, 3.63) is 0 Å². The molecule has 0 aromatic carbocycles. The summed E-state index contributed by atoms with van der Waals surface area (Å²) in [7, 11) is 0. The third-order valence-corrected chi connectivity index (χ3v) is 3.15. The minimum Gasteiger partial charge on any atom is -0.423 e. The molecule has 2 atom stereocenters. The molecule has 0 saturated carbocycles. The third-order valence-electron chi connectivity index (χ3n) is 3.15. The van der Waals surface area contributed by atoms with E-state index in [0.717, 1.165) is 12.8 Å². The van der Waals surface area contributed by atoms with Crippen LogP contribution < -0.4 is 11.1 Å². The number of esters is 2. The summed E-state index contributed by atoms with van der Waals surface area (Å²) in [6.07, 6.45) is 1.58. The van der Waals surface area contributed by atoms with Crippen LogP contribution in [0.2, 0.25) is 0 Å². The topological polar surface area (TPSA) is 108 Å². The van der Waals surface area contributed by atoms with Gasteiger partial charge in [0.05, 0.1) is 6.04 Å². The maximum atomic E-state index is 12.2. The molecule has 0 spiro atoms. The van der Waals surface area contributed by atoms with Crippen LogP contribution in [0.3, 0.4) is 0 Å². The van der Waals surface area contributed by atoms with E-state index in [0.29, 0.717) is 12.8 Å². The van der Waals surface area contributed by atoms with Crippen LogP contribution in [0.1, 0.15) is 60.3 Å². The number of hydrogen-bond donors (Lipinski definition) is 2. The Morgan fingerprint density at radius 3 is 2.00 bits per heavy atom. The average Bonchev–Trinajstić information content (AvgIpc) is 2.40.